The van der Waals surface area contributed by atoms with Gasteiger partial charge in [-0.15, -0.1) is 0 Å². The average Bonchev–Trinajstić information content (AvgIpc) is 3.59. The molecule has 4 aliphatic heterocycles. The summed E-state index contributed by atoms with van der Waals surface area (Å²) in [6.45, 7) is 10.4. The topological polar surface area (TPSA) is 13.0 Å². The van der Waals surface area contributed by atoms with Crippen LogP contribution in [0, 0.1) is 11.8 Å². The highest BCUT2D eigenvalue weighted by molar-refractivity contribution is 4.94. The largest absolute Gasteiger partial charge is 0.306 e. The third kappa shape index (κ3) is 11.8. The third-order valence-corrected chi connectivity index (χ3v) is 4.30. The molecule has 0 amide bonds. The molecule has 4 rings (SSSR count). The van der Waals surface area contributed by atoms with E-state index in [0.29, 0.717) is 52.3 Å². The fourth-order valence-electron chi connectivity index (χ4n) is 2.71. The minimum absolute atomic E-state index is 0.199. The maximum Gasteiger partial charge on any atom is 0.0587 e. The van der Waals surface area contributed by atoms with Gasteiger partial charge in [-0.3, -0.25) is 9.80 Å². The van der Waals surface area contributed by atoms with Gasteiger partial charge in [-0.2, -0.15) is 0 Å². The van der Waals surface area contributed by atoms with Crippen LogP contribution in [-0.2, 0) is 0 Å². The summed E-state index contributed by atoms with van der Waals surface area (Å²) in [5.74, 6) is 0.182. The van der Waals surface area contributed by atoms with Gasteiger partial charge >= 0.3 is 0 Å². The van der Waals surface area contributed by atoms with Crippen molar-refractivity contribution in [1.29, 1.82) is 0 Å². The Morgan fingerprint density at radius 1 is 0.885 bits per heavy atom. The van der Waals surface area contributed by atoms with Crippen LogP contribution in [0.3, 0.4) is 0 Å². The second kappa shape index (κ2) is 13.5. The van der Waals surface area contributed by atoms with Gasteiger partial charge in [0.2, 0.25) is 0 Å². The molecule has 26 heavy (non-hydrogen) atoms. The van der Waals surface area contributed by atoms with E-state index in [4.69, 9.17) is 11.0 Å². The van der Waals surface area contributed by atoms with Crippen LogP contribution in [-0.4, -0.2) is 100 Å². The molecule has 0 radical (unpaired) electrons. The lowest BCUT2D eigenvalue weighted by molar-refractivity contribution is 0.402. The Morgan fingerprint density at radius 3 is 1.77 bits per heavy atom. The summed E-state index contributed by atoms with van der Waals surface area (Å²) in [6.07, 6.45) is 5.14. The summed E-state index contributed by atoms with van der Waals surface area (Å²) >= 11 is 0. The number of hydrogen-bond donors (Lipinski definition) is 0. The minimum atomic E-state index is -0.652. The molecule has 3 atom stereocenters. The average molecular weight is 377 g/mol. The van der Waals surface area contributed by atoms with E-state index in [1.807, 2.05) is 9.80 Å². The van der Waals surface area contributed by atoms with Gasteiger partial charge < -0.3 is 9.80 Å². The molecule has 4 nitrogen and oxygen atoms in total. The Balaban J connectivity index is 0.000000228. The minimum Gasteiger partial charge on any atom is -0.306 e. The molecule has 4 aliphatic rings. The maximum atomic E-state index is 7.61. The summed E-state index contributed by atoms with van der Waals surface area (Å²) in [7, 11) is 1.35. The predicted molar refractivity (Wildman–Crippen MR) is 116 cm³/mol. The van der Waals surface area contributed by atoms with Crippen molar-refractivity contribution in [3.63, 3.8) is 0 Å². The van der Waals surface area contributed by atoms with Crippen molar-refractivity contribution in [1.82, 2.24) is 19.6 Å². The highest BCUT2D eigenvalue weighted by Gasteiger charge is 2.13. The highest BCUT2D eigenvalue weighted by Crippen LogP contribution is 2.12. The van der Waals surface area contributed by atoms with Gasteiger partial charge in [0, 0.05) is 47.5 Å². The lowest BCUT2D eigenvalue weighted by Crippen LogP contribution is -2.12. The zero-order valence-electron chi connectivity index (χ0n) is 24.8. The molecule has 0 aliphatic carbocycles. The second-order valence-electron chi connectivity index (χ2n) is 7.38. The molecule has 0 aromatic rings. The highest BCUT2D eigenvalue weighted by atomic mass is 15.1. The van der Waals surface area contributed by atoms with Crippen molar-refractivity contribution in [2.45, 2.75) is 26.7 Å². The van der Waals surface area contributed by atoms with Gasteiger partial charge in [0.25, 0.3) is 0 Å². The first-order valence-corrected chi connectivity index (χ1v) is 9.35. The number of hydrogen-bond acceptors (Lipinski definition) is 4. The second-order valence-corrected chi connectivity index (χ2v) is 7.38. The van der Waals surface area contributed by atoms with Crippen LogP contribution in [0.15, 0.2) is 24.3 Å². The van der Waals surface area contributed by atoms with Crippen LogP contribution in [0.4, 0.5) is 0 Å². The fourth-order valence-corrected chi connectivity index (χ4v) is 2.71. The van der Waals surface area contributed by atoms with E-state index in [0.717, 1.165) is 32.1 Å². The van der Waals surface area contributed by atoms with Gasteiger partial charge in [0.05, 0.1) is 2.74 Å². The Kier molecular flexibility index (Phi) is 6.99. The number of likely N-dealkylation sites (N-methyl/N-ethyl adjacent to an activating group) is 2. The molecule has 152 valence electrons. The van der Waals surface area contributed by atoms with Crippen LogP contribution < -0.4 is 0 Å². The summed E-state index contributed by atoms with van der Waals surface area (Å²) in [6, 6.07) is 0.726. The SMILES string of the molecule is [2H]C1=C([2H])CN(C[3H])C1.[2H]C1CN(C[3H])CC1([2H])C.[3H]CN1CC=CC1.[3H]CN1CCC(C)C1. The van der Waals surface area contributed by atoms with E-state index in [1.54, 1.807) is 11.8 Å². The zero-order valence-corrected chi connectivity index (χ0v) is 16.8. The molecule has 0 aromatic heterocycles. The Labute approximate surface area is 174 Å². The van der Waals surface area contributed by atoms with Crippen molar-refractivity contribution < 1.29 is 11.0 Å². The van der Waals surface area contributed by atoms with E-state index in [-0.39, 0.29) is 20.4 Å². The lowest BCUT2D eigenvalue weighted by atomic mass is 10.2. The first kappa shape index (κ1) is 13.5. The van der Waals surface area contributed by atoms with Crippen LogP contribution in [0.1, 0.15) is 37.6 Å². The van der Waals surface area contributed by atoms with Gasteiger partial charge in [0.15, 0.2) is 0 Å². The van der Waals surface area contributed by atoms with Crippen molar-refractivity contribution in [3.8, 4) is 0 Å². The van der Waals surface area contributed by atoms with E-state index in [2.05, 4.69) is 24.0 Å². The van der Waals surface area contributed by atoms with Gasteiger partial charge in [-0.05, 0) is 65.8 Å². The van der Waals surface area contributed by atoms with E-state index in [1.165, 1.54) is 6.42 Å². The van der Waals surface area contributed by atoms with E-state index in [9.17, 15) is 0 Å². The molecule has 4 heteroatoms. The molecular weight excluding hydrogens is 320 g/mol. The van der Waals surface area contributed by atoms with Crippen molar-refractivity contribution in [2.24, 2.45) is 11.8 Å². The zero-order chi connectivity index (χ0) is 25.7. The van der Waals surface area contributed by atoms with E-state index < -0.39 is 5.89 Å². The van der Waals surface area contributed by atoms with E-state index >= 15 is 0 Å². The molecule has 4 heterocycles. The van der Waals surface area contributed by atoms with Crippen LogP contribution in [0.2, 0.25) is 0 Å². The first-order chi connectivity index (χ1) is 16.1. The monoisotopic (exact) mass is 376 g/mol. The number of rotatable bonds is 0. The Bertz CT molecular complexity index is 612. The Hall–Kier alpha value is -0.680. The summed E-state index contributed by atoms with van der Waals surface area (Å²) in [4.78, 5) is 7.78. The summed E-state index contributed by atoms with van der Waals surface area (Å²) < 4.78 is 57.2. The number of nitrogens with zero attached hydrogens (tertiary/aromatic N) is 4. The molecule has 0 saturated carbocycles. The molecule has 0 N–H and O–H groups in total. The van der Waals surface area contributed by atoms with Crippen molar-refractivity contribution >= 4 is 0 Å². The van der Waals surface area contributed by atoms with Crippen LogP contribution in [0.5, 0.6) is 0 Å². The smallest absolute Gasteiger partial charge is 0.0587 e. The van der Waals surface area contributed by atoms with Crippen LogP contribution in [0.25, 0.3) is 0 Å². The molecule has 2 saturated heterocycles. The standard InChI is InChI=1S/2C6H13N.2C5H9N/c2*1-6-3-4-7(2)5-6;2*1-6-4-2-3-5-6/h2*6H,3-5H2,1-2H3;2*2-3H,4-5H2,1H3/i2T,3D,6D;2T;1T,2D,3D;1T. The summed E-state index contributed by atoms with van der Waals surface area (Å²) in [5.41, 5.74) is 0. The molecule has 0 bridgehead atoms. The molecule has 3 unspecified atom stereocenters. The molecule has 2 fully saturated rings. The summed E-state index contributed by atoms with van der Waals surface area (Å²) in [5, 5.41) is 0. The predicted octanol–water partition coefficient (Wildman–Crippen LogP) is 2.89. The Morgan fingerprint density at radius 2 is 1.46 bits per heavy atom. The van der Waals surface area contributed by atoms with Crippen LogP contribution >= 0.6 is 0 Å². The third-order valence-electron chi connectivity index (χ3n) is 4.30. The first-order valence-electron chi connectivity index (χ1n) is 14.3. The number of likely N-dealkylation sites (tertiary alicyclic amines) is 2. The quantitative estimate of drug-likeness (QED) is 0.603. The van der Waals surface area contributed by atoms with Gasteiger partial charge in [0.1, 0.15) is 0 Å². The molecular formula is C22H44N4. The fraction of sp³-hybridized carbons (Fsp3) is 0.818. The normalized spacial score (nSPS) is 39.6. The molecule has 0 spiro atoms. The lowest BCUT2D eigenvalue weighted by Gasteiger charge is -2.03. The van der Waals surface area contributed by atoms with Gasteiger partial charge in [-0.25, -0.2) is 0 Å². The van der Waals surface area contributed by atoms with Crippen molar-refractivity contribution in [2.75, 3.05) is 80.5 Å². The maximum absolute atomic E-state index is 7.61. The van der Waals surface area contributed by atoms with Gasteiger partial charge in [-0.1, -0.05) is 38.1 Å². The van der Waals surface area contributed by atoms with Crippen molar-refractivity contribution in [3.05, 3.63) is 24.3 Å². The molecule has 0 aromatic carbocycles.